The van der Waals surface area contributed by atoms with E-state index in [-0.39, 0.29) is 18.7 Å². The lowest BCUT2D eigenvalue weighted by molar-refractivity contribution is -0.149. The van der Waals surface area contributed by atoms with Crippen molar-refractivity contribution in [2.45, 2.75) is 46.4 Å². The molecular formula is C15H22BrNO3. The first-order chi connectivity index (χ1) is 9.38. The number of carbonyl (C=O) groups excluding carboxylic acids is 1. The lowest BCUT2D eigenvalue weighted by atomic mass is 10.2. The molecule has 20 heavy (non-hydrogen) atoms. The van der Waals surface area contributed by atoms with E-state index in [0.29, 0.717) is 11.8 Å². The summed E-state index contributed by atoms with van der Waals surface area (Å²) in [6.07, 6.45) is -0.126. The van der Waals surface area contributed by atoms with Crippen LogP contribution in [0.2, 0.25) is 0 Å². The van der Waals surface area contributed by atoms with Gasteiger partial charge in [-0.15, -0.1) is 0 Å². The molecule has 0 radical (unpaired) electrons. The van der Waals surface area contributed by atoms with Gasteiger partial charge in [0.25, 0.3) is 0 Å². The average molecular weight is 344 g/mol. The fourth-order valence-corrected chi connectivity index (χ4v) is 2.07. The van der Waals surface area contributed by atoms with Gasteiger partial charge < -0.3 is 14.8 Å². The molecule has 0 amide bonds. The minimum Gasteiger partial charge on any atom is -0.481 e. The second kappa shape index (κ2) is 8.27. The van der Waals surface area contributed by atoms with Crippen LogP contribution in [-0.2, 0) is 16.1 Å². The molecule has 1 rings (SSSR count). The van der Waals surface area contributed by atoms with Gasteiger partial charge >= 0.3 is 5.97 Å². The van der Waals surface area contributed by atoms with Crippen molar-refractivity contribution in [3.63, 3.8) is 0 Å². The van der Waals surface area contributed by atoms with Crippen molar-refractivity contribution in [2.24, 2.45) is 0 Å². The van der Waals surface area contributed by atoms with Crippen molar-refractivity contribution in [2.75, 3.05) is 6.61 Å². The zero-order valence-corrected chi connectivity index (χ0v) is 14.0. The van der Waals surface area contributed by atoms with Crippen LogP contribution in [0.25, 0.3) is 0 Å². The van der Waals surface area contributed by atoms with Crippen molar-refractivity contribution in [3.8, 4) is 5.75 Å². The normalized spacial score (nSPS) is 10.9. The molecule has 0 saturated heterocycles. The molecule has 1 aromatic carbocycles. The monoisotopic (exact) mass is 343 g/mol. The first-order valence-electron chi connectivity index (χ1n) is 6.72. The number of ether oxygens (including phenoxy) is 2. The third-order valence-electron chi connectivity index (χ3n) is 2.42. The molecule has 112 valence electrons. The molecular weight excluding hydrogens is 322 g/mol. The Morgan fingerprint density at radius 3 is 2.55 bits per heavy atom. The third-order valence-corrected chi connectivity index (χ3v) is 3.04. The summed E-state index contributed by atoms with van der Waals surface area (Å²) in [6, 6.07) is 6.25. The molecule has 0 saturated carbocycles. The Balaban J connectivity index is 2.53. The van der Waals surface area contributed by atoms with Crippen LogP contribution < -0.4 is 10.1 Å². The summed E-state index contributed by atoms with van der Waals surface area (Å²) in [5.74, 6) is 0.274. The van der Waals surface area contributed by atoms with Crippen LogP contribution in [-0.4, -0.2) is 24.7 Å². The summed E-state index contributed by atoms with van der Waals surface area (Å²) in [7, 11) is 0. The number of nitrogens with one attached hydrogen (secondary N) is 1. The molecule has 0 aromatic heterocycles. The summed E-state index contributed by atoms with van der Waals surface area (Å²) in [5, 5.41) is 3.34. The standard InChI is InChI=1S/C15H22BrNO3/c1-10(2)17-8-12-5-6-14(13(16)7-12)19-9-15(18)20-11(3)4/h5-7,10-11,17H,8-9H2,1-4H3. The molecule has 0 bridgehead atoms. The Morgan fingerprint density at radius 1 is 1.30 bits per heavy atom. The summed E-state index contributed by atoms with van der Waals surface area (Å²) < 4.78 is 11.3. The lowest BCUT2D eigenvalue weighted by Crippen LogP contribution is -2.21. The van der Waals surface area contributed by atoms with Gasteiger partial charge in [-0.3, -0.25) is 0 Å². The fraction of sp³-hybridized carbons (Fsp3) is 0.533. The van der Waals surface area contributed by atoms with E-state index < -0.39 is 0 Å². The topological polar surface area (TPSA) is 47.6 Å². The van der Waals surface area contributed by atoms with Gasteiger partial charge in [0.15, 0.2) is 6.61 Å². The van der Waals surface area contributed by atoms with Crippen molar-refractivity contribution in [3.05, 3.63) is 28.2 Å². The number of carbonyl (C=O) groups is 1. The quantitative estimate of drug-likeness (QED) is 0.771. The number of hydrogen-bond acceptors (Lipinski definition) is 4. The van der Waals surface area contributed by atoms with Crippen molar-refractivity contribution >= 4 is 21.9 Å². The molecule has 0 aliphatic rings. The van der Waals surface area contributed by atoms with Crippen LogP contribution in [0.15, 0.2) is 22.7 Å². The summed E-state index contributed by atoms with van der Waals surface area (Å²) >= 11 is 3.45. The van der Waals surface area contributed by atoms with E-state index in [1.54, 1.807) is 0 Å². The summed E-state index contributed by atoms with van der Waals surface area (Å²) in [4.78, 5) is 11.4. The van der Waals surface area contributed by atoms with Gasteiger partial charge in [-0.25, -0.2) is 4.79 Å². The molecule has 0 aliphatic heterocycles. The molecule has 0 heterocycles. The number of rotatable bonds is 7. The highest BCUT2D eigenvalue weighted by molar-refractivity contribution is 9.10. The second-order valence-electron chi connectivity index (χ2n) is 5.13. The summed E-state index contributed by atoms with van der Waals surface area (Å²) in [5.41, 5.74) is 1.16. The Labute approximate surface area is 129 Å². The van der Waals surface area contributed by atoms with E-state index in [9.17, 15) is 4.79 Å². The zero-order valence-electron chi connectivity index (χ0n) is 12.4. The van der Waals surface area contributed by atoms with E-state index >= 15 is 0 Å². The summed E-state index contributed by atoms with van der Waals surface area (Å²) in [6.45, 7) is 8.54. The van der Waals surface area contributed by atoms with Gasteiger partial charge in [0.05, 0.1) is 10.6 Å². The SMILES string of the molecule is CC(C)NCc1ccc(OCC(=O)OC(C)C)c(Br)c1. The Morgan fingerprint density at radius 2 is 2.00 bits per heavy atom. The number of halogens is 1. The zero-order chi connectivity index (χ0) is 15.1. The van der Waals surface area contributed by atoms with Gasteiger partial charge in [-0.05, 0) is 47.5 Å². The highest BCUT2D eigenvalue weighted by Crippen LogP contribution is 2.26. The number of hydrogen-bond donors (Lipinski definition) is 1. The smallest absolute Gasteiger partial charge is 0.344 e. The fourth-order valence-electron chi connectivity index (χ4n) is 1.53. The molecule has 1 N–H and O–H groups in total. The van der Waals surface area contributed by atoms with Gasteiger partial charge in [0, 0.05) is 12.6 Å². The second-order valence-corrected chi connectivity index (χ2v) is 5.98. The van der Waals surface area contributed by atoms with Gasteiger partial charge in [-0.2, -0.15) is 0 Å². The Hall–Kier alpha value is -1.07. The van der Waals surface area contributed by atoms with Crippen LogP contribution in [0.1, 0.15) is 33.3 Å². The predicted molar refractivity (Wildman–Crippen MR) is 82.8 cm³/mol. The molecule has 0 unspecified atom stereocenters. The number of esters is 1. The molecule has 5 heteroatoms. The Bertz CT molecular complexity index is 447. The molecule has 0 aliphatic carbocycles. The predicted octanol–water partition coefficient (Wildman–Crippen LogP) is 3.28. The molecule has 0 fully saturated rings. The maximum absolute atomic E-state index is 11.4. The first-order valence-corrected chi connectivity index (χ1v) is 7.52. The van der Waals surface area contributed by atoms with E-state index in [2.05, 4.69) is 35.1 Å². The van der Waals surface area contributed by atoms with Crippen LogP contribution >= 0.6 is 15.9 Å². The molecule has 0 atom stereocenters. The number of benzene rings is 1. The lowest BCUT2D eigenvalue weighted by Gasteiger charge is -2.12. The van der Waals surface area contributed by atoms with Gasteiger partial charge in [0.1, 0.15) is 5.75 Å². The highest BCUT2D eigenvalue weighted by Gasteiger charge is 2.09. The van der Waals surface area contributed by atoms with Crippen LogP contribution in [0.4, 0.5) is 0 Å². The molecule has 1 aromatic rings. The maximum atomic E-state index is 11.4. The highest BCUT2D eigenvalue weighted by atomic mass is 79.9. The Kier molecular flexibility index (Phi) is 7.02. The van der Waals surface area contributed by atoms with Crippen molar-refractivity contribution < 1.29 is 14.3 Å². The van der Waals surface area contributed by atoms with E-state index in [1.807, 2.05) is 32.0 Å². The maximum Gasteiger partial charge on any atom is 0.344 e. The minimum atomic E-state index is -0.363. The average Bonchev–Trinajstić information content (AvgIpc) is 2.34. The first kappa shape index (κ1) is 17.0. The van der Waals surface area contributed by atoms with Crippen LogP contribution in [0.5, 0.6) is 5.75 Å². The van der Waals surface area contributed by atoms with E-state index in [1.165, 1.54) is 0 Å². The van der Waals surface area contributed by atoms with Crippen LogP contribution in [0, 0.1) is 0 Å². The van der Waals surface area contributed by atoms with Gasteiger partial charge in [-0.1, -0.05) is 19.9 Å². The van der Waals surface area contributed by atoms with Gasteiger partial charge in [0.2, 0.25) is 0 Å². The largest absolute Gasteiger partial charge is 0.481 e. The molecule has 0 spiro atoms. The third kappa shape index (κ3) is 6.39. The minimum absolute atomic E-state index is 0.0830. The molecule has 4 nitrogen and oxygen atoms in total. The van der Waals surface area contributed by atoms with Crippen LogP contribution in [0.3, 0.4) is 0 Å². The van der Waals surface area contributed by atoms with E-state index in [0.717, 1.165) is 16.6 Å². The van der Waals surface area contributed by atoms with Crippen molar-refractivity contribution in [1.82, 2.24) is 5.32 Å². The van der Waals surface area contributed by atoms with E-state index in [4.69, 9.17) is 9.47 Å². The van der Waals surface area contributed by atoms with Crippen molar-refractivity contribution in [1.29, 1.82) is 0 Å².